The van der Waals surface area contributed by atoms with E-state index in [1.54, 1.807) is 16.9 Å². The van der Waals surface area contributed by atoms with E-state index in [-0.39, 0.29) is 18.7 Å². The smallest absolute Gasteiger partial charge is 0.272 e. The lowest BCUT2D eigenvalue weighted by atomic mass is 9.84. The first-order valence-corrected chi connectivity index (χ1v) is 9.29. The van der Waals surface area contributed by atoms with E-state index in [4.69, 9.17) is 4.74 Å². The van der Waals surface area contributed by atoms with Crippen LogP contribution in [0.4, 0.5) is 0 Å². The Labute approximate surface area is 155 Å². The van der Waals surface area contributed by atoms with Crippen LogP contribution in [0.1, 0.15) is 36.2 Å². The van der Waals surface area contributed by atoms with Gasteiger partial charge in [-0.15, -0.1) is 0 Å². The maximum Gasteiger partial charge on any atom is 0.272 e. The van der Waals surface area contributed by atoms with E-state index in [9.17, 15) is 4.79 Å². The van der Waals surface area contributed by atoms with Crippen molar-refractivity contribution in [3.8, 4) is 5.75 Å². The number of carbonyl (C=O) groups excluding carboxylic acids is 1. The van der Waals surface area contributed by atoms with Gasteiger partial charge in [0.15, 0.2) is 6.73 Å². The minimum absolute atomic E-state index is 0.0980. The summed E-state index contributed by atoms with van der Waals surface area (Å²) in [6.45, 7) is 1.29. The third kappa shape index (κ3) is 5.08. The molecule has 2 aromatic rings. The Hall–Kier alpha value is -2.34. The number of nitrogens with one attached hydrogen (secondary N) is 1. The van der Waals surface area contributed by atoms with E-state index >= 15 is 0 Å². The normalized spacial score (nSPS) is 20.1. The highest BCUT2D eigenvalue weighted by atomic mass is 16.5. The van der Waals surface area contributed by atoms with Crippen LogP contribution in [-0.4, -0.2) is 47.3 Å². The van der Waals surface area contributed by atoms with Gasteiger partial charge in [0.1, 0.15) is 11.4 Å². The molecule has 0 aliphatic heterocycles. The Morgan fingerprint density at radius 3 is 2.77 bits per heavy atom. The number of amides is 1. The zero-order valence-electron chi connectivity index (χ0n) is 15.6. The summed E-state index contributed by atoms with van der Waals surface area (Å²) in [6, 6.07) is 11.5. The van der Waals surface area contributed by atoms with Crippen molar-refractivity contribution in [2.45, 2.75) is 38.5 Å². The lowest BCUT2D eigenvalue weighted by Gasteiger charge is -2.33. The van der Waals surface area contributed by atoms with Gasteiger partial charge in [0.25, 0.3) is 5.91 Å². The second-order valence-corrected chi connectivity index (χ2v) is 7.21. The Morgan fingerprint density at radius 2 is 2.00 bits per heavy atom. The zero-order chi connectivity index (χ0) is 18.4. The Kier molecular flexibility index (Phi) is 6.28. The second-order valence-electron chi connectivity index (χ2n) is 7.21. The summed E-state index contributed by atoms with van der Waals surface area (Å²) in [7, 11) is 4.17. The molecule has 1 fully saturated rings. The first kappa shape index (κ1) is 18.5. The molecule has 6 heteroatoms. The van der Waals surface area contributed by atoms with Gasteiger partial charge in [-0.3, -0.25) is 4.79 Å². The molecule has 0 saturated heterocycles. The van der Waals surface area contributed by atoms with Gasteiger partial charge in [-0.25, -0.2) is 4.68 Å². The molecule has 1 aliphatic rings. The fourth-order valence-electron chi connectivity index (χ4n) is 3.54. The Balaban J connectivity index is 1.55. The van der Waals surface area contributed by atoms with E-state index in [1.165, 1.54) is 19.3 Å². The predicted molar refractivity (Wildman–Crippen MR) is 101 cm³/mol. The van der Waals surface area contributed by atoms with Crippen LogP contribution < -0.4 is 10.1 Å². The number of hydrogen-bond donors (Lipinski definition) is 1. The van der Waals surface area contributed by atoms with E-state index in [0.717, 1.165) is 18.7 Å². The molecule has 1 saturated carbocycles. The molecule has 1 aromatic heterocycles. The molecule has 1 aliphatic carbocycles. The van der Waals surface area contributed by atoms with Crippen LogP contribution in [-0.2, 0) is 6.73 Å². The van der Waals surface area contributed by atoms with Crippen molar-refractivity contribution in [3.63, 3.8) is 0 Å². The molecule has 1 amide bonds. The van der Waals surface area contributed by atoms with Crippen molar-refractivity contribution in [1.82, 2.24) is 20.0 Å². The fourth-order valence-corrected chi connectivity index (χ4v) is 3.54. The van der Waals surface area contributed by atoms with Crippen molar-refractivity contribution >= 4 is 5.91 Å². The van der Waals surface area contributed by atoms with Crippen LogP contribution in [0.25, 0.3) is 0 Å². The Morgan fingerprint density at radius 1 is 1.23 bits per heavy atom. The van der Waals surface area contributed by atoms with Gasteiger partial charge in [-0.1, -0.05) is 31.0 Å². The molecule has 0 bridgehead atoms. The van der Waals surface area contributed by atoms with Gasteiger partial charge in [-0.05, 0) is 51.1 Å². The standard InChI is InChI=1S/C20H28N4O2/c1-23(2)14-16-8-6-7-11-18(16)21-20(25)19-12-13-24(22-19)15-26-17-9-4-3-5-10-17/h3-5,9-10,12-13,16,18H,6-8,11,14-15H2,1-2H3,(H,21,25). The zero-order valence-corrected chi connectivity index (χ0v) is 15.6. The lowest BCUT2D eigenvalue weighted by molar-refractivity contribution is 0.0888. The van der Waals surface area contributed by atoms with Crippen molar-refractivity contribution in [3.05, 3.63) is 48.3 Å². The number of carbonyl (C=O) groups is 1. The van der Waals surface area contributed by atoms with Gasteiger partial charge >= 0.3 is 0 Å². The van der Waals surface area contributed by atoms with E-state index in [2.05, 4.69) is 29.4 Å². The van der Waals surface area contributed by atoms with Crippen molar-refractivity contribution < 1.29 is 9.53 Å². The number of aromatic nitrogens is 2. The van der Waals surface area contributed by atoms with Crippen molar-refractivity contribution in [2.24, 2.45) is 5.92 Å². The van der Waals surface area contributed by atoms with Crippen LogP contribution in [0.5, 0.6) is 5.75 Å². The minimum atomic E-state index is -0.0980. The highest BCUT2D eigenvalue weighted by Crippen LogP contribution is 2.25. The van der Waals surface area contributed by atoms with Crippen LogP contribution in [0.3, 0.4) is 0 Å². The molecule has 2 unspecified atom stereocenters. The highest BCUT2D eigenvalue weighted by Gasteiger charge is 2.27. The minimum Gasteiger partial charge on any atom is -0.471 e. The van der Waals surface area contributed by atoms with Gasteiger partial charge < -0.3 is 15.0 Å². The summed E-state index contributed by atoms with van der Waals surface area (Å²) in [4.78, 5) is 14.8. The lowest BCUT2D eigenvalue weighted by Crippen LogP contribution is -2.45. The summed E-state index contributed by atoms with van der Waals surface area (Å²) < 4.78 is 7.30. The van der Waals surface area contributed by atoms with Gasteiger partial charge in [-0.2, -0.15) is 5.10 Å². The first-order valence-electron chi connectivity index (χ1n) is 9.29. The largest absolute Gasteiger partial charge is 0.471 e. The highest BCUT2D eigenvalue weighted by molar-refractivity contribution is 5.92. The number of ether oxygens (including phenoxy) is 1. The molecule has 6 nitrogen and oxygen atoms in total. The molecule has 140 valence electrons. The maximum absolute atomic E-state index is 12.6. The summed E-state index contributed by atoms with van der Waals surface area (Å²) in [5, 5.41) is 7.54. The molecule has 1 N–H and O–H groups in total. The third-order valence-corrected chi connectivity index (χ3v) is 4.81. The van der Waals surface area contributed by atoms with E-state index in [1.807, 2.05) is 30.3 Å². The summed E-state index contributed by atoms with van der Waals surface area (Å²) in [6.07, 6.45) is 6.41. The maximum atomic E-state index is 12.6. The van der Waals surface area contributed by atoms with E-state index < -0.39 is 0 Å². The van der Waals surface area contributed by atoms with Gasteiger partial charge in [0, 0.05) is 18.8 Å². The molecular weight excluding hydrogens is 328 g/mol. The monoisotopic (exact) mass is 356 g/mol. The summed E-state index contributed by atoms with van der Waals surface area (Å²) in [5.41, 5.74) is 0.441. The number of hydrogen-bond acceptors (Lipinski definition) is 4. The number of para-hydroxylation sites is 1. The van der Waals surface area contributed by atoms with Crippen molar-refractivity contribution in [1.29, 1.82) is 0 Å². The number of rotatable bonds is 7. The van der Waals surface area contributed by atoms with Crippen LogP contribution in [0.2, 0.25) is 0 Å². The average molecular weight is 356 g/mol. The van der Waals surface area contributed by atoms with Crippen LogP contribution >= 0.6 is 0 Å². The number of benzene rings is 1. The predicted octanol–water partition coefficient (Wildman–Crippen LogP) is 2.77. The SMILES string of the molecule is CN(C)CC1CCCCC1NC(=O)c1ccn(COc2ccccc2)n1. The Bertz CT molecular complexity index is 699. The first-order chi connectivity index (χ1) is 12.6. The molecule has 0 radical (unpaired) electrons. The van der Waals surface area contributed by atoms with Crippen molar-refractivity contribution in [2.75, 3.05) is 20.6 Å². The third-order valence-electron chi connectivity index (χ3n) is 4.81. The van der Waals surface area contributed by atoms with Gasteiger partial charge in [0.05, 0.1) is 0 Å². The molecular formula is C20H28N4O2. The number of nitrogens with zero attached hydrogens (tertiary/aromatic N) is 3. The second kappa shape index (κ2) is 8.85. The molecule has 0 spiro atoms. The summed E-state index contributed by atoms with van der Waals surface area (Å²) in [5.74, 6) is 1.19. The quantitative estimate of drug-likeness (QED) is 0.829. The molecule has 1 heterocycles. The van der Waals surface area contributed by atoms with Gasteiger partial charge in [0.2, 0.25) is 0 Å². The molecule has 3 rings (SSSR count). The van der Waals surface area contributed by atoms with E-state index in [0.29, 0.717) is 11.6 Å². The van der Waals surface area contributed by atoms with Crippen LogP contribution in [0, 0.1) is 5.92 Å². The molecule has 2 atom stereocenters. The molecule has 1 aromatic carbocycles. The van der Waals surface area contributed by atoms with Crippen LogP contribution in [0.15, 0.2) is 42.6 Å². The average Bonchev–Trinajstić information content (AvgIpc) is 3.11. The topological polar surface area (TPSA) is 59.4 Å². The summed E-state index contributed by atoms with van der Waals surface area (Å²) >= 11 is 0. The molecule has 26 heavy (non-hydrogen) atoms. The fraction of sp³-hybridized carbons (Fsp3) is 0.500.